The first kappa shape index (κ1) is 11.8. The van der Waals surface area contributed by atoms with Gasteiger partial charge in [-0.3, -0.25) is 4.72 Å². The number of phenolic OH excluding ortho intramolecular Hbond substituents is 1. The SMILES string of the molecule is O=S(=O)(Nc1cc(Cl)c(O)c(Cl)c1)C1CC1. The van der Waals surface area contributed by atoms with Crippen molar-refractivity contribution in [3.63, 3.8) is 0 Å². The highest BCUT2D eigenvalue weighted by Crippen LogP contribution is 2.36. The molecule has 0 radical (unpaired) electrons. The van der Waals surface area contributed by atoms with Crippen molar-refractivity contribution in [3.05, 3.63) is 22.2 Å². The summed E-state index contributed by atoms with van der Waals surface area (Å²) in [6.45, 7) is 0. The summed E-state index contributed by atoms with van der Waals surface area (Å²) >= 11 is 11.3. The summed E-state index contributed by atoms with van der Waals surface area (Å²) in [4.78, 5) is 0. The van der Waals surface area contributed by atoms with Gasteiger partial charge >= 0.3 is 0 Å². The molecule has 0 aromatic heterocycles. The third-order valence-corrected chi connectivity index (χ3v) is 4.69. The normalized spacial score (nSPS) is 16.1. The standard InChI is InChI=1S/C9H9Cl2NO3S/c10-7-3-5(4-8(11)9(7)13)12-16(14,15)6-1-2-6/h3-4,6,12-13H,1-2H2. The Morgan fingerprint density at radius 2 is 1.75 bits per heavy atom. The summed E-state index contributed by atoms with van der Waals surface area (Å²) in [7, 11) is -3.34. The monoisotopic (exact) mass is 281 g/mol. The second-order valence-corrected chi connectivity index (χ2v) is 6.41. The van der Waals surface area contributed by atoms with Crippen molar-refractivity contribution in [3.8, 4) is 5.75 Å². The maximum Gasteiger partial charge on any atom is 0.235 e. The van der Waals surface area contributed by atoms with E-state index in [1.54, 1.807) is 0 Å². The van der Waals surface area contributed by atoms with Gasteiger partial charge in [0.05, 0.1) is 21.0 Å². The summed E-state index contributed by atoms with van der Waals surface area (Å²) in [5, 5.41) is 9.02. The second kappa shape index (κ2) is 3.98. The predicted molar refractivity (Wildman–Crippen MR) is 63.7 cm³/mol. The van der Waals surface area contributed by atoms with Crippen LogP contribution in [0.2, 0.25) is 10.0 Å². The van der Waals surface area contributed by atoms with Crippen LogP contribution in [0.4, 0.5) is 5.69 Å². The average molecular weight is 282 g/mol. The van der Waals surface area contributed by atoms with Crippen molar-refractivity contribution in [2.75, 3.05) is 4.72 Å². The quantitative estimate of drug-likeness (QED) is 0.837. The van der Waals surface area contributed by atoms with Crippen LogP contribution in [0.5, 0.6) is 5.75 Å². The van der Waals surface area contributed by atoms with Crippen LogP contribution in [-0.2, 0) is 10.0 Å². The Hall–Kier alpha value is -0.650. The van der Waals surface area contributed by atoms with E-state index in [1.165, 1.54) is 12.1 Å². The van der Waals surface area contributed by atoms with E-state index >= 15 is 0 Å². The van der Waals surface area contributed by atoms with Gasteiger partial charge in [0.2, 0.25) is 10.0 Å². The molecule has 4 nitrogen and oxygen atoms in total. The molecule has 0 aliphatic heterocycles. The van der Waals surface area contributed by atoms with E-state index in [-0.39, 0.29) is 26.7 Å². The summed E-state index contributed by atoms with van der Waals surface area (Å²) in [6, 6.07) is 2.64. The van der Waals surface area contributed by atoms with Crippen LogP contribution >= 0.6 is 23.2 Å². The minimum atomic E-state index is -3.34. The van der Waals surface area contributed by atoms with Crippen LogP contribution in [0.25, 0.3) is 0 Å². The highest BCUT2D eigenvalue weighted by atomic mass is 35.5. The van der Waals surface area contributed by atoms with E-state index in [4.69, 9.17) is 23.2 Å². The molecule has 1 fully saturated rings. The fourth-order valence-electron chi connectivity index (χ4n) is 1.25. The first-order chi connectivity index (χ1) is 7.40. The lowest BCUT2D eigenvalue weighted by Gasteiger charge is -2.08. The maximum atomic E-state index is 11.6. The van der Waals surface area contributed by atoms with E-state index < -0.39 is 10.0 Å². The number of hydrogen-bond acceptors (Lipinski definition) is 3. The third-order valence-electron chi connectivity index (χ3n) is 2.24. The molecule has 0 saturated heterocycles. The number of halogens is 2. The molecule has 1 aromatic carbocycles. The number of sulfonamides is 1. The molecule has 0 unspecified atom stereocenters. The molecular formula is C9H9Cl2NO3S. The third kappa shape index (κ3) is 2.36. The van der Waals surface area contributed by atoms with Gasteiger partial charge in [0.25, 0.3) is 0 Å². The van der Waals surface area contributed by atoms with Crippen molar-refractivity contribution in [1.29, 1.82) is 0 Å². The molecule has 0 amide bonds. The number of rotatable bonds is 3. The maximum absolute atomic E-state index is 11.6. The molecule has 2 rings (SSSR count). The molecular weight excluding hydrogens is 273 g/mol. The van der Waals surface area contributed by atoms with E-state index in [1.807, 2.05) is 0 Å². The topological polar surface area (TPSA) is 66.4 Å². The average Bonchev–Trinajstić information content (AvgIpc) is 2.96. The number of aromatic hydroxyl groups is 1. The van der Waals surface area contributed by atoms with Crippen LogP contribution in [0.3, 0.4) is 0 Å². The zero-order chi connectivity index (χ0) is 11.9. The number of benzene rings is 1. The molecule has 2 N–H and O–H groups in total. The lowest BCUT2D eigenvalue weighted by Crippen LogP contribution is -2.17. The largest absolute Gasteiger partial charge is 0.505 e. The number of hydrogen-bond donors (Lipinski definition) is 2. The Labute approximate surface area is 103 Å². The molecule has 0 atom stereocenters. The lowest BCUT2D eigenvalue weighted by molar-refractivity contribution is 0.476. The smallest absolute Gasteiger partial charge is 0.235 e. The van der Waals surface area contributed by atoms with Gasteiger partial charge in [0.15, 0.2) is 5.75 Å². The van der Waals surface area contributed by atoms with Gasteiger partial charge in [0, 0.05) is 0 Å². The van der Waals surface area contributed by atoms with Crippen molar-refractivity contribution >= 4 is 38.9 Å². The van der Waals surface area contributed by atoms with Gasteiger partial charge in [-0.1, -0.05) is 23.2 Å². The fraction of sp³-hybridized carbons (Fsp3) is 0.333. The molecule has 1 saturated carbocycles. The highest BCUT2D eigenvalue weighted by Gasteiger charge is 2.35. The van der Waals surface area contributed by atoms with Crippen LogP contribution in [-0.4, -0.2) is 18.8 Å². The summed E-state index contributed by atoms with van der Waals surface area (Å²) < 4.78 is 25.6. The minimum Gasteiger partial charge on any atom is -0.505 e. The first-order valence-electron chi connectivity index (χ1n) is 4.60. The summed E-state index contributed by atoms with van der Waals surface area (Å²) in [6.07, 6.45) is 1.35. The fourth-order valence-corrected chi connectivity index (χ4v) is 3.11. The molecule has 0 heterocycles. The van der Waals surface area contributed by atoms with Gasteiger partial charge < -0.3 is 5.11 Å². The molecule has 0 bridgehead atoms. The van der Waals surface area contributed by atoms with E-state index in [2.05, 4.69) is 4.72 Å². The number of anilines is 1. The zero-order valence-corrected chi connectivity index (χ0v) is 10.4. The predicted octanol–water partition coefficient (Wildman–Crippen LogP) is 2.60. The van der Waals surface area contributed by atoms with E-state index in [0.717, 1.165) is 0 Å². The molecule has 16 heavy (non-hydrogen) atoms. The lowest BCUT2D eigenvalue weighted by atomic mass is 10.3. The van der Waals surface area contributed by atoms with Crippen molar-refractivity contribution in [1.82, 2.24) is 0 Å². The first-order valence-corrected chi connectivity index (χ1v) is 6.90. The van der Waals surface area contributed by atoms with Gasteiger partial charge in [-0.15, -0.1) is 0 Å². The van der Waals surface area contributed by atoms with Crippen LogP contribution in [0.15, 0.2) is 12.1 Å². The van der Waals surface area contributed by atoms with Crippen LogP contribution in [0.1, 0.15) is 12.8 Å². The Bertz CT molecular complexity index is 503. The Morgan fingerprint density at radius 1 is 1.25 bits per heavy atom. The second-order valence-electron chi connectivity index (χ2n) is 3.63. The Balaban J connectivity index is 2.28. The van der Waals surface area contributed by atoms with Gasteiger partial charge in [0.1, 0.15) is 0 Å². The minimum absolute atomic E-state index is 0.0148. The molecule has 1 aliphatic rings. The van der Waals surface area contributed by atoms with Gasteiger partial charge in [-0.05, 0) is 25.0 Å². The summed E-state index contributed by atoms with van der Waals surface area (Å²) in [5.41, 5.74) is 0.264. The summed E-state index contributed by atoms with van der Waals surface area (Å²) in [5.74, 6) is -0.252. The molecule has 1 aromatic rings. The van der Waals surface area contributed by atoms with Gasteiger partial charge in [-0.25, -0.2) is 8.42 Å². The molecule has 0 spiro atoms. The molecule has 7 heteroatoms. The number of phenols is 1. The van der Waals surface area contributed by atoms with E-state index in [0.29, 0.717) is 12.8 Å². The van der Waals surface area contributed by atoms with Gasteiger partial charge in [-0.2, -0.15) is 0 Å². The molecule has 88 valence electrons. The number of nitrogens with one attached hydrogen (secondary N) is 1. The van der Waals surface area contributed by atoms with Crippen molar-refractivity contribution in [2.24, 2.45) is 0 Å². The Morgan fingerprint density at radius 3 is 2.19 bits per heavy atom. The van der Waals surface area contributed by atoms with E-state index in [9.17, 15) is 13.5 Å². The van der Waals surface area contributed by atoms with Crippen molar-refractivity contribution in [2.45, 2.75) is 18.1 Å². The Kier molecular flexibility index (Phi) is 2.94. The van der Waals surface area contributed by atoms with Crippen molar-refractivity contribution < 1.29 is 13.5 Å². The highest BCUT2D eigenvalue weighted by molar-refractivity contribution is 7.93. The zero-order valence-electron chi connectivity index (χ0n) is 8.07. The van der Waals surface area contributed by atoms with Crippen LogP contribution < -0.4 is 4.72 Å². The van der Waals surface area contributed by atoms with Crippen LogP contribution in [0, 0.1) is 0 Å². The molecule has 1 aliphatic carbocycles.